The first kappa shape index (κ1) is 28.0. The summed E-state index contributed by atoms with van der Waals surface area (Å²) in [6.07, 6.45) is 0. The minimum absolute atomic E-state index is 0.637. The molecule has 0 unspecified atom stereocenters. The van der Waals surface area contributed by atoms with E-state index in [9.17, 15) is 0 Å². The molecule has 1 aliphatic rings. The highest BCUT2D eigenvalue weighted by Gasteiger charge is 2.26. The second kappa shape index (κ2) is 10.8. The van der Waals surface area contributed by atoms with Gasteiger partial charge in [-0.15, -0.1) is 0 Å². The quantitative estimate of drug-likeness (QED) is 0.191. The fourth-order valence-electron chi connectivity index (χ4n) is 8.14. The Kier molecular flexibility index (Phi) is 5.92. The van der Waals surface area contributed by atoms with Crippen LogP contribution in [0.1, 0.15) is 0 Å². The first-order chi connectivity index (χ1) is 25.3. The number of aromatic nitrogens is 4. The Hall–Kier alpha value is -6.91. The van der Waals surface area contributed by atoms with Crippen LogP contribution in [0.3, 0.4) is 0 Å². The SMILES string of the molecule is c1ccc(-c2nc(-c3ccccc3)nc(-c3cccc(-n4c5cccc6c5c5c(cc7ccccc7c54)-c4cccc5cccc-6c45)c3)n2)cc1. The third-order valence-electron chi connectivity index (χ3n) is 10.3. The van der Waals surface area contributed by atoms with E-state index in [1.54, 1.807) is 0 Å². The first-order valence-corrected chi connectivity index (χ1v) is 17.3. The van der Waals surface area contributed by atoms with E-state index in [0.717, 1.165) is 22.4 Å². The van der Waals surface area contributed by atoms with E-state index in [-0.39, 0.29) is 0 Å². The Bertz CT molecular complexity index is 2950. The predicted molar refractivity (Wildman–Crippen MR) is 210 cm³/mol. The Balaban J connectivity index is 1.22. The van der Waals surface area contributed by atoms with Crippen molar-refractivity contribution in [2.75, 3.05) is 0 Å². The summed E-state index contributed by atoms with van der Waals surface area (Å²) >= 11 is 0. The maximum Gasteiger partial charge on any atom is 0.164 e. The van der Waals surface area contributed by atoms with Crippen molar-refractivity contribution < 1.29 is 0 Å². The Morgan fingerprint density at radius 3 is 1.59 bits per heavy atom. The number of rotatable bonds is 4. The van der Waals surface area contributed by atoms with E-state index in [4.69, 9.17) is 15.0 Å². The minimum atomic E-state index is 0.637. The van der Waals surface area contributed by atoms with Gasteiger partial charge >= 0.3 is 0 Å². The van der Waals surface area contributed by atoms with Gasteiger partial charge < -0.3 is 4.57 Å². The van der Waals surface area contributed by atoms with Crippen molar-refractivity contribution in [2.24, 2.45) is 0 Å². The summed E-state index contributed by atoms with van der Waals surface area (Å²) in [5.74, 6) is 1.94. The van der Waals surface area contributed by atoms with Crippen LogP contribution in [-0.4, -0.2) is 19.5 Å². The highest BCUT2D eigenvalue weighted by molar-refractivity contribution is 6.31. The molecule has 0 radical (unpaired) electrons. The van der Waals surface area contributed by atoms with Crippen LogP contribution in [-0.2, 0) is 0 Å². The number of hydrogen-bond donors (Lipinski definition) is 0. The highest BCUT2D eigenvalue weighted by atomic mass is 15.0. The van der Waals surface area contributed by atoms with Gasteiger partial charge in [-0.3, -0.25) is 0 Å². The van der Waals surface area contributed by atoms with E-state index in [1.165, 1.54) is 65.6 Å². The summed E-state index contributed by atoms with van der Waals surface area (Å²) in [6.45, 7) is 0. The average Bonchev–Trinajstić information content (AvgIpc) is 3.51. The summed E-state index contributed by atoms with van der Waals surface area (Å²) in [5.41, 5.74) is 11.3. The molecule has 0 bridgehead atoms. The monoisotopic (exact) mass is 648 g/mol. The number of fused-ring (bicyclic) bond motifs is 4. The van der Waals surface area contributed by atoms with Gasteiger partial charge in [0.15, 0.2) is 17.5 Å². The molecule has 1 aliphatic carbocycles. The Morgan fingerprint density at radius 2 is 0.882 bits per heavy atom. The molecule has 0 N–H and O–H groups in total. The summed E-state index contributed by atoms with van der Waals surface area (Å²) < 4.78 is 2.45. The third kappa shape index (κ3) is 4.17. The van der Waals surface area contributed by atoms with E-state index < -0.39 is 0 Å². The minimum Gasteiger partial charge on any atom is -0.309 e. The normalized spacial score (nSPS) is 11.9. The zero-order chi connectivity index (χ0) is 33.5. The summed E-state index contributed by atoms with van der Waals surface area (Å²) in [6, 6.07) is 60.3. The van der Waals surface area contributed by atoms with E-state index >= 15 is 0 Å². The van der Waals surface area contributed by atoms with Crippen molar-refractivity contribution in [1.29, 1.82) is 0 Å². The highest BCUT2D eigenvalue weighted by Crippen LogP contribution is 2.51. The largest absolute Gasteiger partial charge is 0.309 e. The molecular formula is C47H28N4. The average molecular weight is 649 g/mol. The van der Waals surface area contributed by atoms with Gasteiger partial charge in [0, 0.05) is 38.5 Å². The molecule has 0 saturated carbocycles. The van der Waals surface area contributed by atoms with Crippen molar-refractivity contribution in [3.63, 3.8) is 0 Å². The lowest BCUT2D eigenvalue weighted by Crippen LogP contribution is -2.01. The third-order valence-corrected chi connectivity index (χ3v) is 10.3. The van der Waals surface area contributed by atoms with Crippen LogP contribution in [0, 0.1) is 0 Å². The van der Waals surface area contributed by atoms with Gasteiger partial charge in [-0.25, -0.2) is 15.0 Å². The topological polar surface area (TPSA) is 43.6 Å². The lowest BCUT2D eigenvalue weighted by Gasteiger charge is -2.15. The predicted octanol–water partition coefficient (Wildman–Crippen LogP) is 11.9. The molecule has 236 valence electrons. The number of benzene rings is 8. The van der Waals surface area contributed by atoms with Crippen LogP contribution in [0.25, 0.3) is 105 Å². The van der Waals surface area contributed by atoms with Crippen LogP contribution in [0.2, 0.25) is 0 Å². The van der Waals surface area contributed by atoms with Crippen molar-refractivity contribution in [1.82, 2.24) is 19.5 Å². The molecule has 0 aliphatic heterocycles. The zero-order valence-corrected chi connectivity index (χ0v) is 27.5. The van der Waals surface area contributed by atoms with E-state index in [1.807, 2.05) is 60.7 Å². The molecule has 2 heterocycles. The fourth-order valence-corrected chi connectivity index (χ4v) is 8.14. The van der Waals surface area contributed by atoms with Crippen molar-refractivity contribution in [2.45, 2.75) is 0 Å². The Morgan fingerprint density at radius 1 is 0.353 bits per heavy atom. The number of hydrogen-bond acceptors (Lipinski definition) is 3. The fraction of sp³-hybridized carbons (Fsp3) is 0. The van der Waals surface area contributed by atoms with Crippen LogP contribution < -0.4 is 0 Å². The van der Waals surface area contributed by atoms with Gasteiger partial charge in [-0.05, 0) is 62.7 Å². The molecule has 11 rings (SSSR count). The van der Waals surface area contributed by atoms with E-state index in [2.05, 4.69) is 114 Å². The molecule has 0 fully saturated rings. The summed E-state index contributed by atoms with van der Waals surface area (Å²) in [4.78, 5) is 15.1. The van der Waals surface area contributed by atoms with Crippen LogP contribution in [0.15, 0.2) is 170 Å². The van der Waals surface area contributed by atoms with Gasteiger partial charge in [-0.1, -0.05) is 146 Å². The van der Waals surface area contributed by atoms with Gasteiger partial charge in [0.25, 0.3) is 0 Å². The Labute approximate surface area is 294 Å². The molecule has 8 aromatic carbocycles. The first-order valence-electron chi connectivity index (χ1n) is 17.3. The van der Waals surface area contributed by atoms with Crippen molar-refractivity contribution in [3.05, 3.63) is 170 Å². The van der Waals surface area contributed by atoms with Crippen LogP contribution in [0.5, 0.6) is 0 Å². The molecular weight excluding hydrogens is 621 g/mol. The lowest BCUT2D eigenvalue weighted by molar-refractivity contribution is 1.07. The molecule has 10 aromatic rings. The van der Waals surface area contributed by atoms with Gasteiger partial charge in [0.05, 0.1) is 11.0 Å². The molecule has 0 atom stereocenters. The van der Waals surface area contributed by atoms with Gasteiger partial charge in [0.1, 0.15) is 0 Å². The summed E-state index contributed by atoms with van der Waals surface area (Å²) in [7, 11) is 0. The molecule has 4 heteroatoms. The molecule has 0 amide bonds. The van der Waals surface area contributed by atoms with Crippen LogP contribution in [0.4, 0.5) is 0 Å². The zero-order valence-electron chi connectivity index (χ0n) is 27.5. The molecule has 2 aromatic heterocycles. The number of nitrogens with zero attached hydrogens (tertiary/aromatic N) is 4. The maximum absolute atomic E-state index is 5.06. The molecule has 4 nitrogen and oxygen atoms in total. The molecule has 0 spiro atoms. The van der Waals surface area contributed by atoms with Crippen molar-refractivity contribution >= 4 is 43.4 Å². The van der Waals surface area contributed by atoms with E-state index in [0.29, 0.717) is 17.5 Å². The molecule has 0 saturated heterocycles. The summed E-state index contributed by atoms with van der Waals surface area (Å²) in [5, 5.41) is 7.57. The second-order valence-electron chi connectivity index (χ2n) is 13.2. The standard InChI is InChI=1S/C47H28N4/c1-3-13-30(14-4-1)45-48-46(31-15-5-2-6-16-31)50-47(49-45)33-20-9-21-34(27-33)51-40-26-12-25-37-36-23-10-18-29-19-11-24-38(41(29)36)39-28-32-17-7-8-22-35(32)44(51)43(39)42(37)40/h1-28H. The van der Waals surface area contributed by atoms with Crippen molar-refractivity contribution in [3.8, 4) is 62.1 Å². The second-order valence-corrected chi connectivity index (χ2v) is 13.2. The maximum atomic E-state index is 5.06. The van der Waals surface area contributed by atoms with Gasteiger partial charge in [-0.2, -0.15) is 0 Å². The van der Waals surface area contributed by atoms with Gasteiger partial charge in [0.2, 0.25) is 0 Å². The molecule has 51 heavy (non-hydrogen) atoms. The smallest absolute Gasteiger partial charge is 0.164 e. The van der Waals surface area contributed by atoms with Crippen LogP contribution >= 0.6 is 0 Å². The lowest BCUT2D eigenvalue weighted by atomic mass is 9.92.